The zero-order valence-corrected chi connectivity index (χ0v) is 14.6. The van der Waals surface area contributed by atoms with Gasteiger partial charge >= 0.3 is 0 Å². The molecule has 0 unspecified atom stereocenters. The molecule has 0 bridgehead atoms. The van der Waals surface area contributed by atoms with E-state index in [1.165, 1.54) is 5.56 Å². The lowest BCUT2D eigenvalue weighted by Gasteiger charge is -2.02. The Morgan fingerprint density at radius 3 is 2.91 bits per heavy atom. The third-order valence-corrected chi connectivity index (χ3v) is 5.83. The molecule has 0 spiro atoms. The van der Waals surface area contributed by atoms with Crippen molar-refractivity contribution in [3.8, 4) is 10.6 Å². The lowest BCUT2D eigenvalue weighted by atomic mass is 10.2. The second kappa shape index (κ2) is 7.17. The third-order valence-electron chi connectivity index (χ3n) is 3.21. The van der Waals surface area contributed by atoms with Crippen LogP contribution in [0.15, 0.2) is 34.3 Å². The first-order valence-corrected chi connectivity index (χ1v) is 9.63. The number of aromatic nitrogens is 1. The smallest absolute Gasteiger partial charge is 0.220 e. The highest BCUT2D eigenvalue weighted by Gasteiger charge is 2.07. The minimum Gasteiger partial charge on any atom is -0.351 e. The second-order valence-electron chi connectivity index (χ2n) is 4.93. The molecule has 3 aromatic rings. The van der Waals surface area contributed by atoms with Gasteiger partial charge in [0.25, 0.3) is 0 Å². The first kappa shape index (κ1) is 15.4. The van der Waals surface area contributed by atoms with E-state index in [4.69, 9.17) is 0 Å². The van der Waals surface area contributed by atoms with Crippen LogP contribution in [0.5, 0.6) is 0 Å². The molecule has 3 rings (SSSR count). The number of amides is 1. The molecule has 1 N–H and O–H groups in total. The van der Waals surface area contributed by atoms with Gasteiger partial charge in [-0.1, -0.05) is 0 Å². The summed E-state index contributed by atoms with van der Waals surface area (Å²) in [7, 11) is 0. The van der Waals surface area contributed by atoms with Crippen molar-refractivity contribution in [3.63, 3.8) is 0 Å². The minimum atomic E-state index is 0.102. The van der Waals surface area contributed by atoms with Crippen LogP contribution in [0.2, 0.25) is 0 Å². The van der Waals surface area contributed by atoms with Crippen molar-refractivity contribution < 1.29 is 4.79 Å². The molecule has 0 aliphatic carbocycles. The van der Waals surface area contributed by atoms with Crippen molar-refractivity contribution >= 4 is 39.9 Å². The van der Waals surface area contributed by atoms with E-state index in [0.717, 1.165) is 26.9 Å². The second-order valence-corrected chi connectivity index (χ2v) is 7.94. The number of thiophene rings is 2. The van der Waals surface area contributed by atoms with Gasteiger partial charge < -0.3 is 5.32 Å². The Balaban J connectivity index is 1.49. The number of hydrogen-bond donors (Lipinski definition) is 1. The Kier molecular flexibility index (Phi) is 5.02. The van der Waals surface area contributed by atoms with Crippen LogP contribution in [0.4, 0.5) is 0 Å². The molecule has 114 valence electrons. The fraction of sp³-hybridized carbons (Fsp3) is 0.250. The molecule has 22 heavy (non-hydrogen) atoms. The quantitative estimate of drug-likeness (QED) is 0.713. The van der Waals surface area contributed by atoms with Gasteiger partial charge in [-0.3, -0.25) is 4.79 Å². The minimum absolute atomic E-state index is 0.102. The lowest BCUT2D eigenvalue weighted by molar-refractivity contribution is -0.121. The van der Waals surface area contributed by atoms with E-state index < -0.39 is 0 Å². The summed E-state index contributed by atoms with van der Waals surface area (Å²) in [5.41, 5.74) is 2.26. The molecule has 0 aromatic carbocycles. The largest absolute Gasteiger partial charge is 0.351 e. The molecule has 3 heterocycles. The topological polar surface area (TPSA) is 42.0 Å². The number of aryl methyl sites for hydroxylation is 2. The number of carbonyl (C=O) groups excluding carboxylic acids is 1. The Morgan fingerprint density at radius 2 is 2.18 bits per heavy atom. The molecule has 0 saturated heterocycles. The van der Waals surface area contributed by atoms with E-state index in [1.807, 2.05) is 12.3 Å². The van der Waals surface area contributed by atoms with Gasteiger partial charge in [0.15, 0.2) is 0 Å². The maximum absolute atomic E-state index is 11.9. The molecule has 6 heteroatoms. The van der Waals surface area contributed by atoms with E-state index >= 15 is 0 Å². The number of hydrogen-bond acceptors (Lipinski definition) is 5. The van der Waals surface area contributed by atoms with Gasteiger partial charge in [0, 0.05) is 16.7 Å². The number of thiazole rings is 1. The van der Waals surface area contributed by atoms with E-state index in [1.54, 1.807) is 34.0 Å². The predicted octanol–water partition coefficient (Wildman–Crippen LogP) is 4.49. The van der Waals surface area contributed by atoms with Crippen molar-refractivity contribution in [2.75, 3.05) is 0 Å². The standard InChI is InChI=1S/C16H16N2OS3/c1-11-18-14(10-21-11)15-4-3-13(22-15)8-17-16(19)5-2-12-6-7-20-9-12/h3-4,6-7,9-10H,2,5,8H2,1H3,(H,17,19). The number of carbonyl (C=O) groups is 1. The van der Waals surface area contributed by atoms with Gasteiger partial charge in [0.2, 0.25) is 5.91 Å². The van der Waals surface area contributed by atoms with Crippen LogP contribution in [0.25, 0.3) is 10.6 Å². The Morgan fingerprint density at radius 1 is 1.27 bits per heavy atom. The van der Waals surface area contributed by atoms with Crippen LogP contribution < -0.4 is 5.32 Å². The fourth-order valence-electron chi connectivity index (χ4n) is 2.05. The molecule has 0 aliphatic heterocycles. The Labute approximate surface area is 141 Å². The summed E-state index contributed by atoms with van der Waals surface area (Å²) in [4.78, 5) is 18.7. The van der Waals surface area contributed by atoms with Gasteiger partial charge in [-0.2, -0.15) is 11.3 Å². The van der Waals surface area contributed by atoms with Gasteiger partial charge in [0.1, 0.15) is 0 Å². The zero-order chi connectivity index (χ0) is 15.4. The summed E-state index contributed by atoms with van der Waals surface area (Å²) in [6.45, 7) is 2.60. The molecular weight excluding hydrogens is 332 g/mol. The fourth-order valence-corrected chi connectivity index (χ4v) is 4.35. The molecule has 3 nitrogen and oxygen atoms in total. The molecule has 0 saturated carbocycles. The molecule has 3 aromatic heterocycles. The van der Waals surface area contributed by atoms with Gasteiger partial charge in [-0.25, -0.2) is 4.98 Å². The van der Waals surface area contributed by atoms with Crippen molar-refractivity contribution in [1.29, 1.82) is 0 Å². The summed E-state index contributed by atoms with van der Waals surface area (Å²) in [5, 5.41) is 10.3. The summed E-state index contributed by atoms with van der Waals surface area (Å²) in [6.07, 6.45) is 1.35. The average molecular weight is 349 g/mol. The molecule has 0 aliphatic rings. The number of rotatable bonds is 6. The highest BCUT2D eigenvalue weighted by atomic mass is 32.1. The Bertz CT molecular complexity index is 743. The maximum atomic E-state index is 11.9. The van der Waals surface area contributed by atoms with Crippen molar-refractivity contribution in [2.24, 2.45) is 0 Å². The van der Waals surface area contributed by atoms with Crippen LogP contribution in [-0.4, -0.2) is 10.9 Å². The van der Waals surface area contributed by atoms with Crippen LogP contribution in [0.1, 0.15) is 21.9 Å². The van der Waals surface area contributed by atoms with Crippen molar-refractivity contribution in [3.05, 3.63) is 49.8 Å². The van der Waals surface area contributed by atoms with Crippen LogP contribution in [0, 0.1) is 6.92 Å². The number of nitrogens with zero attached hydrogens (tertiary/aromatic N) is 1. The SMILES string of the molecule is Cc1nc(-c2ccc(CNC(=O)CCc3ccsc3)s2)cs1. The van der Waals surface area contributed by atoms with Gasteiger partial charge in [0.05, 0.1) is 22.1 Å². The summed E-state index contributed by atoms with van der Waals surface area (Å²) in [5.74, 6) is 0.102. The van der Waals surface area contributed by atoms with E-state index in [-0.39, 0.29) is 5.91 Å². The summed E-state index contributed by atoms with van der Waals surface area (Å²) in [6, 6.07) is 6.21. The third kappa shape index (κ3) is 4.03. The van der Waals surface area contributed by atoms with Crippen molar-refractivity contribution in [1.82, 2.24) is 10.3 Å². The highest BCUT2D eigenvalue weighted by molar-refractivity contribution is 7.16. The molecule has 0 fully saturated rings. The first-order valence-electron chi connectivity index (χ1n) is 7.00. The lowest BCUT2D eigenvalue weighted by Crippen LogP contribution is -2.22. The molecule has 0 radical (unpaired) electrons. The zero-order valence-electron chi connectivity index (χ0n) is 12.2. The van der Waals surface area contributed by atoms with Crippen LogP contribution in [-0.2, 0) is 17.8 Å². The monoisotopic (exact) mass is 348 g/mol. The van der Waals surface area contributed by atoms with Gasteiger partial charge in [-0.05, 0) is 47.9 Å². The molecular formula is C16H16N2OS3. The van der Waals surface area contributed by atoms with E-state index in [0.29, 0.717) is 13.0 Å². The molecule has 1 amide bonds. The molecule has 0 atom stereocenters. The van der Waals surface area contributed by atoms with E-state index in [2.05, 4.69) is 39.3 Å². The summed E-state index contributed by atoms with van der Waals surface area (Å²) < 4.78 is 0. The average Bonchev–Trinajstić information content (AvgIpc) is 3.24. The summed E-state index contributed by atoms with van der Waals surface area (Å²) >= 11 is 5.02. The normalized spacial score (nSPS) is 10.8. The highest BCUT2D eigenvalue weighted by Crippen LogP contribution is 2.28. The first-order chi connectivity index (χ1) is 10.7. The predicted molar refractivity (Wildman–Crippen MR) is 94.7 cm³/mol. The maximum Gasteiger partial charge on any atom is 0.220 e. The number of nitrogens with one attached hydrogen (secondary N) is 1. The van der Waals surface area contributed by atoms with E-state index in [9.17, 15) is 4.79 Å². The van der Waals surface area contributed by atoms with Gasteiger partial charge in [-0.15, -0.1) is 22.7 Å². The van der Waals surface area contributed by atoms with Crippen molar-refractivity contribution in [2.45, 2.75) is 26.3 Å². The Hall–Kier alpha value is -1.50. The van der Waals surface area contributed by atoms with Crippen LogP contribution in [0.3, 0.4) is 0 Å². The van der Waals surface area contributed by atoms with Crippen LogP contribution >= 0.6 is 34.0 Å².